The molecule has 0 radical (unpaired) electrons. The molecule has 5 heteroatoms. The van der Waals surface area contributed by atoms with Gasteiger partial charge >= 0.3 is 0 Å². The minimum atomic E-state index is -0.202. The van der Waals surface area contributed by atoms with Gasteiger partial charge in [0.15, 0.2) is 10.4 Å². The predicted octanol–water partition coefficient (Wildman–Crippen LogP) is 3.46. The Morgan fingerprint density at radius 2 is 1.89 bits per heavy atom. The monoisotopic (exact) mass is 316 g/mol. The number of carbonyl (C=O) groups is 1. The maximum absolute atomic E-state index is 12.3. The standard InChI is InChI=1S/C14H9BrN2O2/c15-13-7-6-12(19-13)14(18)11-8-9-16-17(11)10-4-2-1-3-5-10/h1-9H. The predicted molar refractivity (Wildman–Crippen MR) is 73.4 cm³/mol. The van der Waals surface area contributed by atoms with Crippen LogP contribution < -0.4 is 0 Å². The number of furan rings is 1. The lowest BCUT2D eigenvalue weighted by atomic mass is 10.2. The fourth-order valence-electron chi connectivity index (χ4n) is 1.81. The molecule has 3 aromatic rings. The number of rotatable bonds is 3. The average molecular weight is 317 g/mol. The third-order valence-electron chi connectivity index (χ3n) is 2.67. The van der Waals surface area contributed by atoms with E-state index < -0.39 is 0 Å². The topological polar surface area (TPSA) is 48.0 Å². The molecule has 19 heavy (non-hydrogen) atoms. The number of hydrogen-bond acceptors (Lipinski definition) is 3. The molecule has 0 unspecified atom stereocenters. The van der Waals surface area contributed by atoms with Gasteiger partial charge in [-0.25, -0.2) is 4.68 Å². The first kappa shape index (κ1) is 11.9. The number of carbonyl (C=O) groups excluding carboxylic acids is 1. The zero-order chi connectivity index (χ0) is 13.2. The Hall–Kier alpha value is -2.14. The van der Waals surface area contributed by atoms with Gasteiger partial charge in [-0.15, -0.1) is 0 Å². The Labute approximate surface area is 117 Å². The first-order valence-corrected chi connectivity index (χ1v) is 6.44. The summed E-state index contributed by atoms with van der Waals surface area (Å²) < 4.78 is 7.41. The number of nitrogens with zero attached hydrogens (tertiary/aromatic N) is 2. The van der Waals surface area contributed by atoms with Crippen molar-refractivity contribution in [3.05, 3.63) is 70.9 Å². The molecule has 3 rings (SSSR count). The van der Waals surface area contributed by atoms with Crippen molar-refractivity contribution in [2.24, 2.45) is 0 Å². The van der Waals surface area contributed by atoms with Gasteiger partial charge in [0, 0.05) is 0 Å². The highest BCUT2D eigenvalue weighted by Gasteiger charge is 2.18. The van der Waals surface area contributed by atoms with Crippen molar-refractivity contribution in [2.75, 3.05) is 0 Å². The van der Waals surface area contributed by atoms with Gasteiger partial charge in [-0.1, -0.05) is 18.2 Å². The van der Waals surface area contributed by atoms with Crippen LogP contribution in [0.5, 0.6) is 0 Å². The van der Waals surface area contributed by atoms with Gasteiger partial charge in [0.05, 0.1) is 11.9 Å². The summed E-state index contributed by atoms with van der Waals surface area (Å²) in [6, 6.07) is 14.5. The van der Waals surface area contributed by atoms with Crippen LogP contribution >= 0.6 is 15.9 Å². The third-order valence-corrected chi connectivity index (χ3v) is 3.10. The Kier molecular flexibility index (Phi) is 3.05. The minimum Gasteiger partial charge on any atom is -0.446 e. The fraction of sp³-hybridized carbons (Fsp3) is 0. The molecule has 0 amide bonds. The summed E-state index contributed by atoms with van der Waals surface area (Å²) in [5.41, 5.74) is 1.30. The number of benzene rings is 1. The van der Waals surface area contributed by atoms with E-state index in [0.29, 0.717) is 10.4 Å². The first-order valence-electron chi connectivity index (χ1n) is 5.65. The molecule has 0 aliphatic rings. The molecule has 0 aliphatic carbocycles. The van der Waals surface area contributed by atoms with Crippen molar-refractivity contribution in [1.29, 1.82) is 0 Å². The summed E-state index contributed by atoms with van der Waals surface area (Å²) in [6.07, 6.45) is 1.60. The molecule has 2 heterocycles. The van der Waals surface area contributed by atoms with Crippen LogP contribution in [0.25, 0.3) is 5.69 Å². The smallest absolute Gasteiger partial charge is 0.246 e. The molecule has 0 saturated carbocycles. The molecular formula is C14H9BrN2O2. The van der Waals surface area contributed by atoms with Gasteiger partial charge < -0.3 is 4.42 Å². The summed E-state index contributed by atoms with van der Waals surface area (Å²) in [6.45, 7) is 0. The lowest BCUT2D eigenvalue weighted by Crippen LogP contribution is -2.09. The number of para-hydroxylation sites is 1. The molecule has 0 aliphatic heterocycles. The molecule has 94 valence electrons. The van der Waals surface area contributed by atoms with Gasteiger partial charge in [0.1, 0.15) is 5.69 Å². The summed E-state index contributed by atoms with van der Waals surface area (Å²) >= 11 is 3.19. The van der Waals surface area contributed by atoms with Crippen LogP contribution in [0.4, 0.5) is 0 Å². The van der Waals surface area contributed by atoms with Gasteiger partial charge in [0.2, 0.25) is 5.78 Å². The van der Waals surface area contributed by atoms with Crippen molar-refractivity contribution >= 4 is 21.7 Å². The minimum absolute atomic E-state index is 0.202. The summed E-state index contributed by atoms with van der Waals surface area (Å²) in [4.78, 5) is 12.3. The van der Waals surface area contributed by atoms with E-state index in [4.69, 9.17) is 4.42 Å². The van der Waals surface area contributed by atoms with Gasteiger partial charge in [-0.3, -0.25) is 4.79 Å². The number of ketones is 1. The van der Waals surface area contributed by atoms with Gasteiger partial charge in [0.25, 0.3) is 0 Å². The molecule has 1 aromatic carbocycles. The highest BCUT2D eigenvalue weighted by molar-refractivity contribution is 9.10. The number of aromatic nitrogens is 2. The second-order valence-corrected chi connectivity index (χ2v) is 4.68. The van der Waals surface area contributed by atoms with Crippen LogP contribution in [-0.2, 0) is 0 Å². The second-order valence-electron chi connectivity index (χ2n) is 3.90. The lowest BCUT2D eigenvalue weighted by molar-refractivity contribution is 0.100. The van der Waals surface area contributed by atoms with E-state index in [2.05, 4.69) is 21.0 Å². The van der Waals surface area contributed by atoms with Crippen LogP contribution in [0, 0.1) is 0 Å². The molecule has 0 atom stereocenters. The van der Waals surface area contributed by atoms with Crippen molar-refractivity contribution in [3.8, 4) is 5.69 Å². The van der Waals surface area contributed by atoms with Crippen LogP contribution in [0.15, 0.2) is 63.8 Å². The van der Waals surface area contributed by atoms with E-state index in [0.717, 1.165) is 5.69 Å². The molecule has 4 nitrogen and oxygen atoms in total. The molecule has 0 N–H and O–H groups in total. The van der Waals surface area contributed by atoms with Crippen LogP contribution in [0.1, 0.15) is 16.2 Å². The number of hydrogen-bond donors (Lipinski definition) is 0. The Balaban J connectivity index is 2.03. The average Bonchev–Trinajstić information content (AvgIpc) is 3.07. The van der Waals surface area contributed by atoms with Gasteiger partial charge in [-0.2, -0.15) is 5.10 Å². The molecule has 2 aromatic heterocycles. The Bertz CT molecular complexity index is 716. The van der Waals surface area contributed by atoms with E-state index in [9.17, 15) is 4.79 Å². The zero-order valence-corrected chi connectivity index (χ0v) is 11.4. The van der Waals surface area contributed by atoms with E-state index >= 15 is 0 Å². The maximum atomic E-state index is 12.3. The van der Waals surface area contributed by atoms with E-state index in [-0.39, 0.29) is 11.5 Å². The Morgan fingerprint density at radius 1 is 1.11 bits per heavy atom. The van der Waals surface area contributed by atoms with Crippen molar-refractivity contribution in [3.63, 3.8) is 0 Å². The van der Waals surface area contributed by atoms with E-state index in [1.807, 2.05) is 30.3 Å². The van der Waals surface area contributed by atoms with Crippen molar-refractivity contribution < 1.29 is 9.21 Å². The van der Waals surface area contributed by atoms with E-state index in [1.54, 1.807) is 29.1 Å². The third kappa shape index (κ3) is 2.24. The fourth-order valence-corrected chi connectivity index (χ4v) is 2.12. The molecule has 0 fully saturated rings. The zero-order valence-electron chi connectivity index (χ0n) is 9.79. The summed E-state index contributed by atoms with van der Waals surface area (Å²) in [5.74, 6) is 0.0802. The normalized spacial score (nSPS) is 10.6. The largest absolute Gasteiger partial charge is 0.446 e. The second kappa shape index (κ2) is 4.85. The lowest BCUT2D eigenvalue weighted by Gasteiger charge is -2.05. The highest BCUT2D eigenvalue weighted by atomic mass is 79.9. The summed E-state index contributed by atoms with van der Waals surface area (Å²) in [5, 5.41) is 4.18. The first-order chi connectivity index (χ1) is 9.25. The number of halogens is 1. The van der Waals surface area contributed by atoms with Crippen molar-refractivity contribution in [1.82, 2.24) is 9.78 Å². The highest BCUT2D eigenvalue weighted by Crippen LogP contribution is 2.19. The van der Waals surface area contributed by atoms with Crippen LogP contribution in [0.2, 0.25) is 0 Å². The molecular weight excluding hydrogens is 308 g/mol. The van der Waals surface area contributed by atoms with Crippen molar-refractivity contribution in [2.45, 2.75) is 0 Å². The Morgan fingerprint density at radius 3 is 2.58 bits per heavy atom. The van der Waals surface area contributed by atoms with Crippen LogP contribution in [0.3, 0.4) is 0 Å². The summed E-state index contributed by atoms with van der Waals surface area (Å²) in [7, 11) is 0. The molecule has 0 saturated heterocycles. The molecule has 0 bridgehead atoms. The SMILES string of the molecule is O=C(c1ccc(Br)o1)c1ccnn1-c1ccccc1. The quantitative estimate of drug-likeness (QED) is 0.695. The maximum Gasteiger partial charge on any atom is 0.246 e. The molecule has 0 spiro atoms. The van der Waals surface area contributed by atoms with E-state index in [1.165, 1.54) is 0 Å². The van der Waals surface area contributed by atoms with Gasteiger partial charge in [-0.05, 0) is 46.3 Å². The van der Waals surface area contributed by atoms with Crippen LogP contribution in [-0.4, -0.2) is 15.6 Å².